The molecular formula is C10H16N2O6S2. The Kier molecular flexibility index (Phi) is 4.74. The van der Waals surface area contributed by atoms with Crippen molar-refractivity contribution in [1.29, 1.82) is 0 Å². The molecule has 0 aliphatic rings. The standard InChI is InChI=1S/C10H16N2O6S2/c1-10(2,12-19(3,14)15)7-11-20(16,17)9-5-4-8(6-13)18-9/h4-6,11-12H,7H2,1-3H3. The highest BCUT2D eigenvalue weighted by atomic mass is 32.2. The Morgan fingerprint density at radius 3 is 2.30 bits per heavy atom. The lowest BCUT2D eigenvalue weighted by Crippen LogP contribution is -2.50. The van der Waals surface area contributed by atoms with E-state index in [1.54, 1.807) is 0 Å². The summed E-state index contributed by atoms with van der Waals surface area (Å²) in [6.07, 6.45) is 1.36. The van der Waals surface area contributed by atoms with Gasteiger partial charge in [0.2, 0.25) is 15.1 Å². The van der Waals surface area contributed by atoms with Gasteiger partial charge in [-0.05, 0) is 26.0 Å². The highest BCUT2D eigenvalue weighted by Crippen LogP contribution is 2.13. The third-order valence-electron chi connectivity index (χ3n) is 2.15. The minimum atomic E-state index is -3.95. The van der Waals surface area contributed by atoms with Crippen molar-refractivity contribution in [3.8, 4) is 0 Å². The summed E-state index contributed by atoms with van der Waals surface area (Å²) in [5, 5.41) is -0.408. The number of carbonyl (C=O) groups excluding carboxylic acids is 1. The Balaban J connectivity index is 2.80. The van der Waals surface area contributed by atoms with E-state index in [1.165, 1.54) is 19.9 Å². The third kappa shape index (κ3) is 5.04. The predicted octanol–water partition coefficient (Wildman–Crippen LogP) is -0.302. The van der Waals surface area contributed by atoms with Crippen LogP contribution in [-0.4, -0.2) is 41.5 Å². The molecule has 0 spiro atoms. The van der Waals surface area contributed by atoms with Crippen LogP contribution in [0.2, 0.25) is 0 Å². The van der Waals surface area contributed by atoms with Crippen LogP contribution in [0.15, 0.2) is 21.6 Å². The van der Waals surface area contributed by atoms with Gasteiger partial charge in [0.15, 0.2) is 12.0 Å². The van der Waals surface area contributed by atoms with Gasteiger partial charge in [-0.3, -0.25) is 4.79 Å². The summed E-state index contributed by atoms with van der Waals surface area (Å²) in [6, 6.07) is 2.37. The third-order valence-corrected chi connectivity index (χ3v) is 4.35. The highest BCUT2D eigenvalue weighted by molar-refractivity contribution is 7.89. The van der Waals surface area contributed by atoms with Crippen LogP contribution >= 0.6 is 0 Å². The molecule has 0 aliphatic carbocycles. The first-order valence-corrected chi connectivity index (χ1v) is 8.86. The first-order valence-electron chi connectivity index (χ1n) is 5.49. The highest BCUT2D eigenvalue weighted by Gasteiger charge is 2.26. The summed E-state index contributed by atoms with van der Waals surface area (Å²) in [6.45, 7) is 2.87. The zero-order valence-corrected chi connectivity index (χ0v) is 12.8. The molecule has 1 rings (SSSR count). The summed E-state index contributed by atoms with van der Waals surface area (Å²) in [5.41, 5.74) is -1.01. The Morgan fingerprint density at radius 1 is 1.25 bits per heavy atom. The van der Waals surface area contributed by atoms with Gasteiger partial charge in [-0.1, -0.05) is 0 Å². The van der Waals surface area contributed by atoms with Crippen molar-refractivity contribution in [2.24, 2.45) is 0 Å². The van der Waals surface area contributed by atoms with Crippen molar-refractivity contribution in [2.45, 2.75) is 24.5 Å². The van der Waals surface area contributed by atoms with Gasteiger partial charge in [-0.15, -0.1) is 0 Å². The van der Waals surface area contributed by atoms with Gasteiger partial charge in [0, 0.05) is 12.1 Å². The lowest BCUT2D eigenvalue weighted by atomic mass is 10.1. The van der Waals surface area contributed by atoms with E-state index in [2.05, 4.69) is 9.44 Å². The summed E-state index contributed by atoms with van der Waals surface area (Å²) in [4.78, 5) is 10.4. The summed E-state index contributed by atoms with van der Waals surface area (Å²) in [5.74, 6) is -0.112. The number of carbonyl (C=O) groups is 1. The van der Waals surface area contributed by atoms with Gasteiger partial charge >= 0.3 is 0 Å². The van der Waals surface area contributed by atoms with Gasteiger partial charge in [-0.2, -0.15) is 0 Å². The maximum atomic E-state index is 11.9. The van der Waals surface area contributed by atoms with Gasteiger partial charge in [0.25, 0.3) is 10.0 Å². The molecule has 10 heteroatoms. The number of hydrogen-bond donors (Lipinski definition) is 2. The van der Waals surface area contributed by atoms with Crippen LogP contribution in [0.5, 0.6) is 0 Å². The van der Waals surface area contributed by atoms with Crippen LogP contribution < -0.4 is 9.44 Å². The molecule has 1 heterocycles. The van der Waals surface area contributed by atoms with Crippen molar-refractivity contribution in [2.75, 3.05) is 12.8 Å². The molecule has 8 nitrogen and oxygen atoms in total. The van der Waals surface area contributed by atoms with E-state index in [0.29, 0.717) is 6.29 Å². The van der Waals surface area contributed by atoms with Gasteiger partial charge in [0.05, 0.1) is 6.26 Å². The Hall–Kier alpha value is -1.23. The minimum absolute atomic E-state index is 0.112. The lowest BCUT2D eigenvalue weighted by Gasteiger charge is -2.24. The van der Waals surface area contributed by atoms with E-state index in [1.807, 2.05) is 0 Å². The summed E-state index contributed by atoms with van der Waals surface area (Å²) in [7, 11) is -7.42. The maximum absolute atomic E-state index is 11.9. The largest absolute Gasteiger partial charge is 0.440 e. The zero-order valence-electron chi connectivity index (χ0n) is 11.2. The van der Waals surface area contributed by atoms with Crippen molar-refractivity contribution in [3.05, 3.63) is 17.9 Å². The SMILES string of the molecule is CC(C)(CNS(=O)(=O)c1ccc(C=O)o1)NS(C)(=O)=O. The number of nitrogens with one attached hydrogen (secondary N) is 2. The van der Waals surface area contributed by atoms with Crippen molar-refractivity contribution in [3.63, 3.8) is 0 Å². The minimum Gasteiger partial charge on any atom is -0.440 e. The fourth-order valence-corrected chi connectivity index (χ4v) is 3.65. The molecule has 1 aromatic rings. The van der Waals surface area contributed by atoms with Gasteiger partial charge in [-0.25, -0.2) is 26.3 Å². The molecule has 0 saturated heterocycles. The fraction of sp³-hybridized carbons (Fsp3) is 0.500. The molecule has 0 radical (unpaired) electrons. The number of aldehydes is 1. The van der Waals surface area contributed by atoms with Crippen LogP contribution in [0.1, 0.15) is 24.4 Å². The van der Waals surface area contributed by atoms with Crippen LogP contribution in [0.4, 0.5) is 0 Å². The molecule has 114 valence electrons. The number of rotatable bonds is 7. The summed E-state index contributed by atoms with van der Waals surface area (Å²) >= 11 is 0. The van der Waals surface area contributed by atoms with E-state index in [4.69, 9.17) is 4.42 Å². The van der Waals surface area contributed by atoms with Gasteiger partial charge < -0.3 is 4.42 Å². The van der Waals surface area contributed by atoms with Crippen molar-refractivity contribution < 1.29 is 26.0 Å². The Labute approximate surface area is 117 Å². The number of furan rings is 1. The molecule has 0 fully saturated rings. The van der Waals surface area contributed by atoms with E-state index < -0.39 is 30.7 Å². The second kappa shape index (κ2) is 5.64. The normalized spacial score (nSPS) is 13.3. The maximum Gasteiger partial charge on any atom is 0.274 e. The fourth-order valence-electron chi connectivity index (χ4n) is 1.43. The molecule has 0 amide bonds. The average Bonchev–Trinajstić information content (AvgIpc) is 2.72. The van der Waals surface area contributed by atoms with Gasteiger partial charge in [0.1, 0.15) is 0 Å². The zero-order chi connectivity index (χ0) is 15.6. The van der Waals surface area contributed by atoms with Crippen LogP contribution in [-0.2, 0) is 20.0 Å². The summed E-state index contributed by atoms with van der Waals surface area (Å²) < 4.78 is 55.3. The predicted molar refractivity (Wildman–Crippen MR) is 71.3 cm³/mol. The van der Waals surface area contributed by atoms with Crippen LogP contribution in [0.25, 0.3) is 0 Å². The Bertz CT molecular complexity index is 687. The molecule has 2 N–H and O–H groups in total. The lowest BCUT2D eigenvalue weighted by molar-refractivity contribution is 0.109. The second-order valence-corrected chi connectivity index (χ2v) is 8.30. The monoisotopic (exact) mass is 324 g/mol. The molecule has 0 aliphatic heterocycles. The molecule has 0 atom stereocenters. The van der Waals surface area contributed by atoms with E-state index in [9.17, 15) is 21.6 Å². The van der Waals surface area contributed by atoms with E-state index in [0.717, 1.165) is 12.3 Å². The topological polar surface area (TPSA) is 123 Å². The number of sulfonamides is 2. The van der Waals surface area contributed by atoms with E-state index >= 15 is 0 Å². The molecule has 20 heavy (non-hydrogen) atoms. The Morgan fingerprint density at radius 2 is 1.85 bits per heavy atom. The molecule has 0 bridgehead atoms. The quantitative estimate of drug-likeness (QED) is 0.664. The van der Waals surface area contributed by atoms with E-state index in [-0.39, 0.29) is 12.3 Å². The molecule has 1 aromatic heterocycles. The first-order chi connectivity index (χ1) is 8.95. The average molecular weight is 324 g/mol. The van der Waals surface area contributed by atoms with Crippen molar-refractivity contribution >= 4 is 26.3 Å². The molecule has 0 saturated carbocycles. The first kappa shape index (κ1) is 16.8. The molecule has 0 unspecified atom stereocenters. The smallest absolute Gasteiger partial charge is 0.274 e. The molecular weight excluding hydrogens is 308 g/mol. The van der Waals surface area contributed by atoms with Crippen molar-refractivity contribution in [1.82, 2.24) is 9.44 Å². The molecule has 0 aromatic carbocycles. The van der Waals surface area contributed by atoms with Crippen LogP contribution in [0, 0.1) is 0 Å². The second-order valence-electron chi connectivity index (χ2n) is 4.86. The van der Waals surface area contributed by atoms with Crippen LogP contribution in [0.3, 0.4) is 0 Å². The number of hydrogen-bond acceptors (Lipinski definition) is 6.